The number of unbranched alkanes of at least 4 members (excludes halogenated alkanes) is 1. The molecular formula is C10H15BrN2O3S2. The molecule has 0 saturated carbocycles. The normalized spacial score (nSPS) is 11.4. The van der Waals surface area contributed by atoms with Crippen LogP contribution in [-0.2, 0) is 14.8 Å². The summed E-state index contributed by atoms with van der Waals surface area (Å²) in [5.74, 6) is -0.0704. The van der Waals surface area contributed by atoms with Crippen molar-refractivity contribution in [1.82, 2.24) is 10.0 Å². The van der Waals surface area contributed by atoms with E-state index in [1.54, 1.807) is 12.1 Å². The summed E-state index contributed by atoms with van der Waals surface area (Å²) >= 11 is 4.40. The van der Waals surface area contributed by atoms with E-state index in [0.29, 0.717) is 23.7 Å². The van der Waals surface area contributed by atoms with E-state index in [2.05, 4.69) is 26.0 Å². The van der Waals surface area contributed by atoms with Crippen molar-refractivity contribution in [3.8, 4) is 0 Å². The molecule has 1 aromatic rings. The van der Waals surface area contributed by atoms with E-state index in [4.69, 9.17) is 0 Å². The summed E-state index contributed by atoms with van der Waals surface area (Å²) in [6.45, 7) is 2.40. The lowest BCUT2D eigenvalue weighted by Gasteiger charge is -2.05. The number of halogens is 1. The molecule has 1 amide bonds. The molecule has 0 aliphatic carbocycles. The van der Waals surface area contributed by atoms with E-state index in [1.165, 1.54) is 18.3 Å². The lowest BCUT2D eigenvalue weighted by atomic mass is 10.3. The predicted octanol–water partition coefficient (Wildman–Crippen LogP) is 1.71. The third kappa shape index (κ3) is 5.47. The molecule has 0 fully saturated rings. The molecule has 1 heterocycles. The molecule has 102 valence electrons. The summed E-state index contributed by atoms with van der Waals surface area (Å²) in [5, 5.41) is 2.66. The average molecular weight is 355 g/mol. The molecule has 0 radical (unpaired) electrons. The summed E-state index contributed by atoms with van der Waals surface area (Å²) in [5.41, 5.74) is 0. The zero-order chi connectivity index (χ0) is 13.6. The fourth-order valence-electron chi connectivity index (χ4n) is 1.23. The largest absolute Gasteiger partial charge is 0.356 e. The van der Waals surface area contributed by atoms with Gasteiger partial charge in [0.25, 0.3) is 0 Å². The van der Waals surface area contributed by atoms with Crippen molar-refractivity contribution in [2.45, 2.75) is 24.0 Å². The van der Waals surface area contributed by atoms with Crippen LogP contribution in [0.3, 0.4) is 0 Å². The number of hydrogen-bond acceptors (Lipinski definition) is 4. The molecule has 0 saturated heterocycles. The number of hydrogen-bond donors (Lipinski definition) is 2. The van der Waals surface area contributed by atoms with Gasteiger partial charge in [0.15, 0.2) is 0 Å². The number of thiophene rings is 1. The summed E-state index contributed by atoms with van der Waals surface area (Å²) in [4.78, 5) is 10.6. The van der Waals surface area contributed by atoms with Crippen LogP contribution in [0, 0.1) is 0 Å². The van der Waals surface area contributed by atoms with Crippen LogP contribution in [-0.4, -0.2) is 27.4 Å². The van der Waals surface area contributed by atoms with Crippen LogP contribution in [0.15, 0.2) is 20.1 Å². The molecule has 8 heteroatoms. The van der Waals surface area contributed by atoms with E-state index in [0.717, 1.165) is 10.2 Å². The highest BCUT2D eigenvalue weighted by molar-refractivity contribution is 9.11. The SMILES string of the molecule is CC(=O)NCCCCNS(=O)(=O)c1ccc(Br)s1. The molecule has 0 bridgehead atoms. The highest BCUT2D eigenvalue weighted by atomic mass is 79.9. The summed E-state index contributed by atoms with van der Waals surface area (Å²) in [6, 6.07) is 3.27. The van der Waals surface area contributed by atoms with Crippen molar-refractivity contribution >= 4 is 43.2 Å². The number of rotatable bonds is 7. The Morgan fingerprint density at radius 1 is 1.33 bits per heavy atom. The Labute approximate surface area is 119 Å². The molecule has 18 heavy (non-hydrogen) atoms. The van der Waals surface area contributed by atoms with Crippen molar-refractivity contribution in [2.24, 2.45) is 0 Å². The maximum absolute atomic E-state index is 11.8. The standard InChI is InChI=1S/C10H15BrN2O3S2/c1-8(14)12-6-2-3-7-13-18(15,16)10-5-4-9(11)17-10/h4-5,13H,2-3,6-7H2,1H3,(H,12,14). The van der Waals surface area contributed by atoms with Gasteiger partial charge in [-0.3, -0.25) is 4.79 Å². The van der Waals surface area contributed by atoms with Crippen LogP contribution >= 0.6 is 27.3 Å². The van der Waals surface area contributed by atoms with Gasteiger partial charge >= 0.3 is 0 Å². The Balaban J connectivity index is 2.28. The quantitative estimate of drug-likeness (QED) is 0.731. The number of carbonyl (C=O) groups is 1. The topological polar surface area (TPSA) is 75.3 Å². The number of sulfonamides is 1. The smallest absolute Gasteiger partial charge is 0.250 e. The van der Waals surface area contributed by atoms with Crippen molar-refractivity contribution in [3.05, 3.63) is 15.9 Å². The van der Waals surface area contributed by atoms with E-state index in [1.807, 2.05) is 0 Å². The van der Waals surface area contributed by atoms with Gasteiger partial charge < -0.3 is 5.32 Å². The molecule has 5 nitrogen and oxygen atoms in total. The van der Waals surface area contributed by atoms with Gasteiger partial charge in [-0.2, -0.15) is 0 Å². The van der Waals surface area contributed by atoms with E-state index in [9.17, 15) is 13.2 Å². The van der Waals surface area contributed by atoms with Crippen LogP contribution < -0.4 is 10.0 Å². The Hall–Kier alpha value is -0.440. The minimum absolute atomic E-state index is 0.0704. The minimum atomic E-state index is -3.39. The fraction of sp³-hybridized carbons (Fsp3) is 0.500. The first kappa shape index (κ1) is 15.6. The molecule has 1 aromatic heterocycles. The molecule has 0 unspecified atom stereocenters. The molecule has 0 aliphatic heterocycles. The van der Waals surface area contributed by atoms with Crippen LogP contribution in [0.1, 0.15) is 19.8 Å². The van der Waals surface area contributed by atoms with Crippen LogP contribution in [0.4, 0.5) is 0 Å². The Kier molecular flexibility index (Phi) is 6.27. The fourth-order valence-corrected chi connectivity index (χ4v) is 4.36. The summed E-state index contributed by atoms with van der Waals surface area (Å²) in [6.07, 6.45) is 1.43. The highest BCUT2D eigenvalue weighted by Crippen LogP contribution is 2.25. The van der Waals surface area contributed by atoms with E-state index >= 15 is 0 Å². The third-order valence-corrected chi connectivity index (χ3v) is 5.66. The zero-order valence-electron chi connectivity index (χ0n) is 9.90. The second-order valence-electron chi connectivity index (χ2n) is 3.65. The van der Waals surface area contributed by atoms with E-state index < -0.39 is 10.0 Å². The first-order valence-corrected chi connectivity index (χ1v) is 8.50. The maximum atomic E-state index is 11.8. The summed E-state index contributed by atoms with van der Waals surface area (Å²) in [7, 11) is -3.39. The molecule has 0 aliphatic rings. The summed E-state index contributed by atoms with van der Waals surface area (Å²) < 4.78 is 27.2. The van der Waals surface area contributed by atoms with Crippen molar-refractivity contribution in [1.29, 1.82) is 0 Å². The van der Waals surface area contributed by atoms with Crippen LogP contribution in [0.2, 0.25) is 0 Å². The number of nitrogens with one attached hydrogen (secondary N) is 2. The zero-order valence-corrected chi connectivity index (χ0v) is 13.1. The van der Waals surface area contributed by atoms with Crippen molar-refractivity contribution in [3.63, 3.8) is 0 Å². The first-order chi connectivity index (χ1) is 8.42. The second-order valence-corrected chi connectivity index (χ2v) is 8.10. The monoisotopic (exact) mass is 354 g/mol. The van der Waals surface area contributed by atoms with Gasteiger partial charge in [-0.15, -0.1) is 11.3 Å². The lowest BCUT2D eigenvalue weighted by molar-refractivity contribution is -0.118. The van der Waals surface area contributed by atoms with Crippen LogP contribution in [0.25, 0.3) is 0 Å². The molecule has 0 aromatic carbocycles. The van der Waals surface area contributed by atoms with Crippen molar-refractivity contribution in [2.75, 3.05) is 13.1 Å². The highest BCUT2D eigenvalue weighted by Gasteiger charge is 2.15. The van der Waals surface area contributed by atoms with Gasteiger partial charge in [0.05, 0.1) is 3.79 Å². The van der Waals surface area contributed by atoms with Gasteiger partial charge in [0.2, 0.25) is 15.9 Å². The van der Waals surface area contributed by atoms with E-state index in [-0.39, 0.29) is 5.91 Å². The third-order valence-electron chi connectivity index (χ3n) is 2.08. The Morgan fingerprint density at radius 2 is 2.00 bits per heavy atom. The van der Waals surface area contributed by atoms with Gasteiger partial charge in [-0.05, 0) is 40.9 Å². The Bertz CT molecular complexity index is 499. The van der Waals surface area contributed by atoms with Crippen LogP contribution in [0.5, 0.6) is 0 Å². The van der Waals surface area contributed by atoms with Gasteiger partial charge in [-0.1, -0.05) is 0 Å². The molecule has 0 spiro atoms. The first-order valence-electron chi connectivity index (χ1n) is 5.41. The number of amides is 1. The molecular weight excluding hydrogens is 340 g/mol. The van der Waals surface area contributed by atoms with Gasteiger partial charge in [-0.25, -0.2) is 13.1 Å². The minimum Gasteiger partial charge on any atom is -0.356 e. The van der Waals surface area contributed by atoms with Gasteiger partial charge in [0.1, 0.15) is 4.21 Å². The Morgan fingerprint density at radius 3 is 2.56 bits per heavy atom. The predicted molar refractivity (Wildman–Crippen MR) is 75.1 cm³/mol. The maximum Gasteiger partial charge on any atom is 0.250 e. The lowest BCUT2D eigenvalue weighted by Crippen LogP contribution is -2.26. The number of carbonyl (C=O) groups excluding carboxylic acids is 1. The average Bonchev–Trinajstić information content (AvgIpc) is 2.70. The van der Waals surface area contributed by atoms with Crippen molar-refractivity contribution < 1.29 is 13.2 Å². The second kappa shape index (κ2) is 7.22. The molecule has 0 atom stereocenters. The molecule has 2 N–H and O–H groups in total. The molecule has 1 rings (SSSR count). The van der Waals surface area contributed by atoms with Gasteiger partial charge in [0, 0.05) is 20.0 Å².